The number of aliphatic carboxylic acids is 1. The number of carboxylic acid groups (broad SMARTS) is 1. The van der Waals surface area contributed by atoms with Crippen molar-refractivity contribution in [3.8, 4) is 0 Å². The minimum atomic E-state index is -1.05. The van der Waals surface area contributed by atoms with Gasteiger partial charge in [-0.05, 0) is 11.8 Å². The van der Waals surface area contributed by atoms with Gasteiger partial charge in [-0.15, -0.1) is 0 Å². The number of amides is 3. The predicted molar refractivity (Wildman–Crippen MR) is 71.7 cm³/mol. The monoisotopic (exact) mass is 272 g/mol. The number of hydrogen-bond acceptors (Lipinski definition) is 3. The summed E-state index contributed by atoms with van der Waals surface area (Å²) < 4.78 is 0. The van der Waals surface area contributed by atoms with E-state index in [1.54, 1.807) is 4.90 Å². The van der Waals surface area contributed by atoms with E-state index in [1.165, 1.54) is 0 Å². The van der Waals surface area contributed by atoms with Crippen LogP contribution in [0.1, 0.15) is 40.5 Å². The lowest BCUT2D eigenvalue weighted by Crippen LogP contribution is -2.45. The SMILES string of the molecule is CC(C)CN(CC(C)C)C(=O)NC(=O)CCC(=O)O. The highest BCUT2D eigenvalue weighted by Crippen LogP contribution is 2.04. The topological polar surface area (TPSA) is 86.7 Å². The van der Waals surface area contributed by atoms with Crippen LogP contribution >= 0.6 is 0 Å². The van der Waals surface area contributed by atoms with Crippen LogP contribution in [-0.2, 0) is 9.59 Å². The fraction of sp³-hybridized carbons (Fsp3) is 0.769. The van der Waals surface area contributed by atoms with E-state index in [-0.39, 0.29) is 12.8 Å². The zero-order valence-corrected chi connectivity index (χ0v) is 12.1. The number of nitrogens with one attached hydrogen (secondary N) is 1. The molecular formula is C13H24N2O4. The van der Waals surface area contributed by atoms with Crippen molar-refractivity contribution in [1.29, 1.82) is 0 Å². The highest BCUT2D eigenvalue weighted by molar-refractivity contribution is 5.95. The molecule has 110 valence electrons. The van der Waals surface area contributed by atoms with Crippen molar-refractivity contribution >= 4 is 17.9 Å². The lowest BCUT2D eigenvalue weighted by Gasteiger charge is -2.26. The molecule has 0 aliphatic rings. The molecule has 0 bridgehead atoms. The lowest BCUT2D eigenvalue weighted by atomic mass is 10.1. The smallest absolute Gasteiger partial charge is 0.324 e. The number of hydrogen-bond donors (Lipinski definition) is 2. The fourth-order valence-corrected chi connectivity index (χ4v) is 1.60. The second-order valence-electron chi connectivity index (χ2n) is 5.44. The van der Waals surface area contributed by atoms with Gasteiger partial charge in [0.05, 0.1) is 6.42 Å². The highest BCUT2D eigenvalue weighted by Gasteiger charge is 2.18. The first-order valence-corrected chi connectivity index (χ1v) is 6.53. The Balaban J connectivity index is 4.37. The molecule has 0 radical (unpaired) electrons. The fourth-order valence-electron chi connectivity index (χ4n) is 1.60. The Labute approximate surface area is 114 Å². The predicted octanol–water partition coefficient (Wildman–Crippen LogP) is 1.70. The molecule has 19 heavy (non-hydrogen) atoms. The van der Waals surface area contributed by atoms with Crippen molar-refractivity contribution in [2.24, 2.45) is 11.8 Å². The van der Waals surface area contributed by atoms with Gasteiger partial charge in [0.2, 0.25) is 5.91 Å². The van der Waals surface area contributed by atoms with Crippen LogP contribution < -0.4 is 5.32 Å². The summed E-state index contributed by atoms with van der Waals surface area (Å²) in [6, 6.07) is -0.446. The number of rotatable bonds is 7. The van der Waals surface area contributed by atoms with Gasteiger partial charge < -0.3 is 10.0 Å². The summed E-state index contributed by atoms with van der Waals surface area (Å²) in [6.07, 6.45) is -0.453. The van der Waals surface area contributed by atoms with Crippen LogP contribution in [0.3, 0.4) is 0 Å². The molecule has 0 fully saturated rings. The molecule has 2 N–H and O–H groups in total. The first-order valence-electron chi connectivity index (χ1n) is 6.53. The van der Waals surface area contributed by atoms with Gasteiger partial charge in [-0.1, -0.05) is 27.7 Å². The minimum absolute atomic E-state index is 0.182. The molecule has 0 aliphatic carbocycles. The Kier molecular flexibility index (Phi) is 7.79. The zero-order valence-electron chi connectivity index (χ0n) is 12.1. The molecule has 0 rings (SSSR count). The highest BCUT2D eigenvalue weighted by atomic mass is 16.4. The third-order valence-corrected chi connectivity index (χ3v) is 2.27. The summed E-state index contributed by atoms with van der Waals surface area (Å²) >= 11 is 0. The van der Waals surface area contributed by atoms with Crippen LogP contribution in [0.2, 0.25) is 0 Å². The van der Waals surface area contributed by atoms with Gasteiger partial charge in [-0.3, -0.25) is 14.9 Å². The van der Waals surface area contributed by atoms with Crippen LogP contribution in [-0.4, -0.2) is 41.0 Å². The van der Waals surface area contributed by atoms with E-state index in [4.69, 9.17) is 5.11 Å². The third-order valence-electron chi connectivity index (χ3n) is 2.27. The number of urea groups is 1. The van der Waals surface area contributed by atoms with Crippen molar-refractivity contribution in [3.05, 3.63) is 0 Å². The molecule has 0 aliphatic heterocycles. The summed E-state index contributed by atoms with van der Waals surface area (Å²) in [4.78, 5) is 35.3. The molecule has 6 heteroatoms. The molecule has 3 amide bonds. The van der Waals surface area contributed by atoms with Gasteiger partial charge in [0.1, 0.15) is 0 Å². The second kappa shape index (κ2) is 8.50. The van der Waals surface area contributed by atoms with Crippen molar-refractivity contribution < 1.29 is 19.5 Å². The summed E-state index contributed by atoms with van der Waals surface area (Å²) in [6.45, 7) is 9.10. The zero-order chi connectivity index (χ0) is 15.0. The van der Waals surface area contributed by atoms with E-state index < -0.39 is 17.9 Å². The average molecular weight is 272 g/mol. The average Bonchev–Trinajstić information content (AvgIpc) is 2.24. The number of carbonyl (C=O) groups excluding carboxylic acids is 2. The van der Waals surface area contributed by atoms with Gasteiger partial charge in [-0.25, -0.2) is 4.79 Å². The summed E-state index contributed by atoms with van der Waals surface area (Å²) in [5.74, 6) is -0.994. The largest absolute Gasteiger partial charge is 0.481 e. The van der Waals surface area contributed by atoms with E-state index in [2.05, 4.69) is 5.32 Å². The molecule has 0 heterocycles. The molecule has 0 aromatic rings. The molecule has 0 saturated heterocycles. The summed E-state index contributed by atoms with van der Waals surface area (Å²) in [7, 11) is 0. The second-order valence-corrected chi connectivity index (χ2v) is 5.44. The van der Waals surface area contributed by atoms with Crippen LogP contribution in [0.15, 0.2) is 0 Å². The Bertz CT molecular complexity index is 317. The maximum Gasteiger partial charge on any atom is 0.324 e. The van der Waals surface area contributed by atoms with Crippen molar-refractivity contribution in [3.63, 3.8) is 0 Å². The van der Waals surface area contributed by atoms with Gasteiger partial charge in [0, 0.05) is 19.5 Å². The van der Waals surface area contributed by atoms with Gasteiger partial charge in [0.15, 0.2) is 0 Å². The molecule has 0 unspecified atom stereocenters. The Morgan fingerprint density at radius 1 is 1.00 bits per heavy atom. The van der Waals surface area contributed by atoms with E-state index in [1.807, 2.05) is 27.7 Å². The van der Waals surface area contributed by atoms with Crippen LogP contribution in [0.5, 0.6) is 0 Å². The van der Waals surface area contributed by atoms with E-state index in [9.17, 15) is 14.4 Å². The summed E-state index contributed by atoms with van der Waals surface area (Å²) in [5, 5.41) is 10.7. The standard InChI is InChI=1S/C13H24N2O4/c1-9(2)7-15(8-10(3)4)13(19)14-11(16)5-6-12(17)18/h9-10H,5-8H2,1-4H3,(H,17,18)(H,14,16,19). The van der Waals surface area contributed by atoms with Crippen molar-refractivity contribution in [2.75, 3.05) is 13.1 Å². The minimum Gasteiger partial charge on any atom is -0.481 e. The van der Waals surface area contributed by atoms with Crippen molar-refractivity contribution in [2.45, 2.75) is 40.5 Å². The van der Waals surface area contributed by atoms with Crippen molar-refractivity contribution in [1.82, 2.24) is 10.2 Å². The molecule has 0 spiro atoms. The summed E-state index contributed by atoms with van der Waals surface area (Å²) in [5.41, 5.74) is 0. The molecule has 0 aromatic carbocycles. The maximum absolute atomic E-state index is 11.9. The number of carbonyl (C=O) groups is 3. The van der Waals surface area contributed by atoms with E-state index in [0.29, 0.717) is 24.9 Å². The number of nitrogens with zero attached hydrogens (tertiary/aromatic N) is 1. The van der Waals surface area contributed by atoms with Gasteiger partial charge >= 0.3 is 12.0 Å². The molecule has 0 aromatic heterocycles. The number of imide groups is 1. The van der Waals surface area contributed by atoms with Gasteiger partial charge in [0.25, 0.3) is 0 Å². The number of carboxylic acids is 1. The lowest BCUT2D eigenvalue weighted by molar-refractivity contribution is -0.138. The quantitative estimate of drug-likeness (QED) is 0.738. The van der Waals surface area contributed by atoms with Gasteiger partial charge in [-0.2, -0.15) is 0 Å². The third kappa shape index (κ3) is 9.04. The Morgan fingerprint density at radius 3 is 1.84 bits per heavy atom. The molecule has 0 saturated carbocycles. The van der Waals surface area contributed by atoms with E-state index >= 15 is 0 Å². The molecule has 6 nitrogen and oxygen atoms in total. The molecular weight excluding hydrogens is 248 g/mol. The Hall–Kier alpha value is -1.59. The molecule has 0 atom stereocenters. The van der Waals surface area contributed by atoms with Crippen LogP contribution in [0.4, 0.5) is 4.79 Å². The first kappa shape index (κ1) is 17.4. The first-order chi connectivity index (χ1) is 8.72. The Morgan fingerprint density at radius 2 is 1.47 bits per heavy atom. The van der Waals surface area contributed by atoms with Crippen LogP contribution in [0.25, 0.3) is 0 Å². The maximum atomic E-state index is 11.9. The van der Waals surface area contributed by atoms with Crippen LogP contribution in [0, 0.1) is 11.8 Å². The van der Waals surface area contributed by atoms with E-state index in [0.717, 1.165) is 0 Å². The normalized spacial score (nSPS) is 10.6.